The maximum absolute atomic E-state index is 7.94. The molecule has 2 nitrogen and oxygen atoms in total. The van der Waals surface area contributed by atoms with E-state index in [0.29, 0.717) is 0 Å². The number of nitrogens with zero attached hydrogens (tertiary/aromatic N) is 2. The molecule has 0 spiro atoms. The normalized spacial score (nSPS) is 6.80. The summed E-state index contributed by atoms with van der Waals surface area (Å²) in [7, 11) is 3.50. The van der Waals surface area contributed by atoms with Crippen molar-refractivity contribution in [2.75, 3.05) is 14.1 Å². The average Bonchev–Trinajstić information content (AvgIpc) is 1.38. The fraction of sp³-hybridized carbons (Fsp3) is 0.667. The first-order valence-corrected chi connectivity index (χ1v) is 1.41. The van der Waals surface area contributed by atoms with Crippen LogP contribution >= 0.6 is 0 Å². The molecule has 0 bridgehead atoms. The van der Waals surface area contributed by atoms with Gasteiger partial charge in [-0.3, -0.25) is 0 Å². The van der Waals surface area contributed by atoms with Crippen LogP contribution in [0.2, 0.25) is 0 Å². The lowest BCUT2D eigenvalue weighted by atomic mass is 11.0. The summed E-state index contributed by atoms with van der Waals surface area (Å²) in [4.78, 5) is 1.56. The van der Waals surface area contributed by atoms with E-state index in [1.54, 1.807) is 19.0 Å². The minimum absolute atomic E-state index is 1.00. The molecule has 0 fully saturated rings. The van der Waals surface area contributed by atoms with Gasteiger partial charge < -0.3 is 10.3 Å². The third-order valence-corrected chi connectivity index (χ3v) is 0.231. The van der Waals surface area contributed by atoms with Gasteiger partial charge in [0.2, 0.25) is 0 Å². The molecule has 0 saturated carbocycles. The van der Waals surface area contributed by atoms with Gasteiger partial charge in [-0.25, -0.2) is 0 Å². The van der Waals surface area contributed by atoms with E-state index < -0.39 is 0 Å². The molecule has 0 N–H and O–H groups in total. The maximum atomic E-state index is 7.94. The van der Waals surface area contributed by atoms with Crippen molar-refractivity contribution >= 4 is 6.34 Å². The Morgan fingerprint density at radius 3 is 1.80 bits per heavy atom. The van der Waals surface area contributed by atoms with E-state index in [2.05, 4.69) is 0 Å². The van der Waals surface area contributed by atoms with Crippen LogP contribution < -0.4 is 0 Å². The average molecular weight is 71.1 g/mol. The van der Waals surface area contributed by atoms with Crippen LogP contribution in [0.5, 0.6) is 0 Å². The highest BCUT2D eigenvalue weighted by Gasteiger charge is 1.52. The van der Waals surface area contributed by atoms with E-state index in [1.807, 2.05) is 0 Å². The molecule has 0 aliphatic heterocycles. The van der Waals surface area contributed by atoms with E-state index >= 15 is 0 Å². The lowest BCUT2D eigenvalue weighted by Crippen LogP contribution is -2.05. The highest BCUT2D eigenvalue weighted by Crippen LogP contribution is 1.54. The molecule has 0 radical (unpaired) electrons. The SMILES string of the molecule is CN(C)C=[N-]. The van der Waals surface area contributed by atoms with Crippen LogP contribution in [0.4, 0.5) is 0 Å². The Kier molecular flexibility index (Phi) is 1.57. The highest BCUT2D eigenvalue weighted by atomic mass is 15.1. The first-order valence-electron chi connectivity index (χ1n) is 1.41. The Morgan fingerprint density at radius 1 is 1.60 bits per heavy atom. The summed E-state index contributed by atoms with van der Waals surface area (Å²) < 4.78 is 0. The largest absolute Gasteiger partial charge is 0.481 e. The Bertz CT molecular complexity index is 31.9. The predicted molar refractivity (Wildman–Crippen MR) is 23.1 cm³/mol. The van der Waals surface area contributed by atoms with Crippen LogP contribution in [0.25, 0.3) is 5.41 Å². The zero-order valence-electron chi connectivity index (χ0n) is 3.47. The van der Waals surface area contributed by atoms with Crippen LogP contribution in [-0.4, -0.2) is 25.3 Å². The quantitative estimate of drug-likeness (QED) is 0.319. The molecule has 5 heavy (non-hydrogen) atoms. The molecule has 0 rings (SSSR count). The zero-order chi connectivity index (χ0) is 4.28. The molecule has 0 aliphatic rings. The van der Waals surface area contributed by atoms with Crippen molar-refractivity contribution in [3.05, 3.63) is 5.41 Å². The summed E-state index contributed by atoms with van der Waals surface area (Å²) in [6.07, 6.45) is 1.00. The topological polar surface area (TPSA) is 25.5 Å². The molecular formula is C3H7N2-. The van der Waals surface area contributed by atoms with Gasteiger partial charge in [0.15, 0.2) is 0 Å². The standard InChI is InChI=1S/C3H7N2/c1-5(2)3-4/h3H,1-2H3/q-1. The summed E-state index contributed by atoms with van der Waals surface area (Å²) >= 11 is 0. The second-order valence-corrected chi connectivity index (χ2v) is 1.08. The number of hydrogen-bond acceptors (Lipinski definition) is 0. The summed E-state index contributed by atoms with van der Waals surface area (Å²) in [5.41, 5.74) is 0. The third-order valence-electron chi connectivity index (χ3n) is 0.231. The summed E-state index contributed by atoms with van der Waals surface area (Å²) in [6, 6.07) is 0. The number of hydrogen-bond donors (Lipinski definition) is 0. The summed E-state index contributed by atoms with van der Waals surface area (Å²) in [6.45, 7) is 0. The third kappa shape index (κ3) is 3.47. The molecule has 0 aliphatic carbocycles. The van der Waals surface area contributed by atoms with Crippen molar-refractivity contribution in [1.29, 1.82) is 0 Å². The first kappa shape index (κ1) is 4.47. The van der Waals surface area contributed by atoms with Crippen LogP contribution in [0.1, 0.15) is 0 Å². The molecule has 0 aromatic rings. The van der Waals surface area contributed by atoms with Crippen LogP contribution in [-0.2, 0) is 0 Å². The Labute approximate surface area is 31.9 Å². The van der Waals surface area contributed by atoms with E-state index in [1.165, 1.54) is 0 Å². The molecule has 30 valence electrons. The fourth-order valence-corrected chi connectivity index (χ4v) is 0. The van der Waals surface area contributed by atoms with Crippen molar-refractivity contribution in [2.24, 2.45) is 0 Å². The van der Waals surface area contributed by atoms with Gasteiger partial charge in [-0.15, -0.1) is 6.34 Å². The summed E-state index contributed by atoms with van der Waals surface area (Å²) in [5.74, 6) is 0. The van der Waals surface area contributed by atoms with Crippen molar-refractivity contribution in [3.8, 4) is 0 Å². The highest BCUT2D eigenvalue weighted by molar-refractivity contribution is 5.57. The lowest BCUT2D eigenvalue weighted by molar-refractivity contribution is 0.649. The second-order valence-electron chi connectivity index (χ2n) is 1.08. The smallest absolute Gasteiger partial charge is 0.0629 e. The van der Waals surface area contributed by atoms with Gasteiger partial charge in [0.1, 0.15) is 0 Å². The van der Waals surface area contributed by atoms with Crippen LogP contribution in [0, 0.1) is 0 Å². The van der Waals surface area contributed by atoms with E-state index in [4.69, 9.17) is 5.41 Å². The second kappa shape index (κ2) is 1.76. The van der Waals surface area contributed by atoms with Crippen LogP contribution in [0.15, 0.2) is 0 Å². The number of rotatable bonds is 1. The molecular weight excluding hydrogens is 64.0 g/mol. The maximum Gasteiger partial charge on any atom is -0.0629 e. The molecule has 0 atom stereocenters. The van der Waals surface area contributed by atoms with Gasteiger partial charge in [-0.2, -0.15) is 0 Å². The van der Waals surface area contributed by atoms with Gasteiger partial charge in [-0.1, -0.05) is 14.1 Å². The van der Waals surface area contributed by atoms with E-state index in [-0.39, 0.29) is 0 Å². The fourth-order valence-electron chi connectivity index (χ4n) is 0. The minimum Gasteiger partial charge on any atom is -0.481 e. The van der Waals surface area contributed by atoms with Gasteiger partial charge in [0, 0.05) is 0 Å². The van der Waals surface area contributed by atoms with Gasteiger partial charge in [-0.05, 0) is 0 Å². The molecule has 0 aromatic heterocycles. The molecule has 0 saturated heterocycles. The van der Waals surface area contributed by atoms with Crippen molar-refractivity contribution in [1.82, 2.24) is 4.90 Å². The van der Waals surface area contributed by atoms with Crippen molar-refractivity contribution in [2.45, 2.75) is 0 Å². The predicted octanol–water partition coefficient (Wildman–Crippen LogP) is 0.146. The molecule has 2 heteroatoms. The Morgan fingerprint density at radius 2 is 1.80 bits per heavy atom. The minimum atomic E-state index is 1.00. The van der Waals surface area contributed by atoms with E-state index in [0.717, 1.165) is 6.34 Å². The zero-order valence-corrected chi connectivity index (χ0v) is 3.47. The van der Waals surface area contributed by atoms with E-state index in [9.17, 15) is 0 Å². The van der Waals surface area contributed by atoms with Crippen molar-refractivity contribution in [3.63, 3.8) is 0 Å². The monoisotopic (exact) mass is 71.1 g/mol. The molecule has 0 amide bonds. The van der Waals surface area contributed by atoms with Crippen molar-refractivity contribution < 1.29 is 0 Å². The van der Waals surface area contributed by atoms with Crippen LogP contribution in [0.3, 0.4) is 0 Å². The molecule has 0 unspecified atom stereocenters. The molecule has 0 heterocycles. The Balaban J connectivity index is 2.83. The lowest BCUT2D eigenvalue weighted by Gasteiger charge is -2.08. The van der Waals surface area contributed by atoms with Gasteiger partial charge in [0.25, 0.3) is 0 Å². The van der Waals surface area contributed by atoms with Gasteiger partial charge >= 0.3 is 0 Å². The molecule has 0 aromatic carbocycles. The summed E-state index contributed by atoms with van der Waals surface area (Å²) in [5, 5.41) is 7.94. The first-order chi connectivity index (χ1) is 2.27. The Hall–Kier alpha value is -0.530. The van der Waals surface area contributed by atoms with Gasteiger partial charge in [0.05, 0.1) is 0 Å².